The molecule has 0 spiro atoms. The minimum atomic E-state index is -0.0747. The number of halogens is 1. The van der Waals surface area contributed by atoms with E-state index in [1.54, 1.807) is 17.9 Å². The zero-order valence-electron chi connectivity index (χ0n) is 23.0. The minimum absolute atomic E-state index is 0.0747. The average Bonchev–Trinajstić information content (AvgIpc) is 3.51. The number of amides is 2. The Balaban J connectivity index is 1.13. The summed E-state index contributed by atoms with van der Waals surface area (Å²) in [5.74, 6) is 0.139. The van der Waals surface area contributed by atoms with Crippen LogP contribution in [0.1, 0.15) is 31.7 Å². The fraction of sp³-hybridized carbons (Fsp3) is 0.483. The summed E-state index contributed by atoms with van der Waals surface area (Å²) in [6.07, 6.45) is 3.91. The van der Waals surface area contributed by atoms with Gasteiger partial charge in [0.25, 0.3) is 0 Å². The highest BCUT2D eigenvalue weighted by atomic mass is 35.5. The lowest BCUT2D eigenvalue weighted by atomic mass is 9.94. The number of piperidine rings is 1. The van der Waals surface area contributed by atoms with Gasteiger partial charge in [-0.25, -0.2) is 4.68 Å². The molecule has 2 fully saturated rings. The molecule has 2 aliphatic heterocycles. The highest BCUT2D eigenvalue weighted by molar-refractivity contribution is 6.30. The molecular formula is C29H37ClN8O2. The average molecular weight is 565 g/mol. The Morgan fingerprint density at radius 1 is 0.975 bits per heavy atom. The van der Waals surface area contributed by atoms with Gasteiger partial charge in [-0.05, 0) is 66.1 Å². The van der Waals surface area contributed by atoms with Gasteiger partial charge in [0, 0.05) is 75.9 Å². The van der Waals surface area contributed by atoms with E-state index in [4.69, 9.17) is 11.6 Å². The van der Waals surface area contributed by atoms with Crippen LogP contribution < -0.4 is 4.90 Å². The van der Waals surface area contributed by atoms with Crippen molar-refractivity contribution in [2.75, 3.05) is 57.3 Å². The Hall–Kier alpha value is -3.34. The Kier molecular flexibility index (Phi) is 9.41. The Bertz CT molecular complexity index is 1270. The fourth-order valence-corrected chi connectivity index (χ4v) is 5.86. The van der Waals surface area contributed by atoms with Crippen LogP contribution in [0.3, 0.4) is 0 Å². The van der Waals surface area contributed by atoms with E-state index in [-0.39, 0.29) is 17.7 Å². The van der Waals surface area contributed by atoms with E-state index in [1.807, 2.05) is 46.2 Å². The zero-order chi connectivity index (χ0) is 27.9. The number of likely N-dealkylation sites (tertiary alicyclic amines) is 1. The smallest absolute Gasteiger partial charge is 0.230 e. The third-order valence-electron chi connectivity index (χ3n) is 7.98. The number of para-hydroxylation sites is 1. The lowest BCUT2D eigenvalue weighted by molar-refractivity contribution is -0.133. The maximum atomic E-state index is 13.6. The third kappa shape index (κ3) is 7.04. The van der Waals surface area contributed by atoms with Crippen molar-refractivity contribution in [3.63, 3.8) is 0 Å². The summed E-state index contributed by atoms with van der Waals surface area (Å²) in [6, 6.07) is 15.8. The van der Waals surface area contributed by atoms with Crippen molar-refractivity contribution in [2.45, 2.75) is 32.7 Å². The summed E-state index contributed by atoms with van der Waals surface area (Å²) in [5, 5.41) is 12.2. The van der Waals surface area contributed by atoms with E-state index in [2.05, 4.69) is 37.5 Å². The van der Waals surface area contributed by atoms with Crippen LogP contribution in [-0.2, 0) is 16.1 Å². The third-order valence-corrected chi connectivity index (χ3v) is 8.21. The molecule has 0 saturated carbocycles. The largest absolute Gasteiger partial charge is 0.343 e. The standard InChI is InChI=1S/C29H37ClN8O2/c1-23(39)36-14-10-24(11-15-36)29(40)37(27-8-4-7-26(30)20-27)13-5-12-34-16-18-35(19-17-34)21-25-6-2-3-9-28(25)38-22-31-32-33-38/h2-4,6-9,20,22,24H,5,10-19,21H2,1H3. The second-order valence-electron chi connectivity index (χ2n) is 10.6. The number of aromatic nitrogens is 4. The van der Waals surface area contributed by atoms with E-state index in [0.29, 0.717) is 37.5 Å². The van der Waals surface area contributed by atoms with Gasteiger partial charge in [0.15, 0.2) is 0 Å². The molecule has 0 atom stereocenters. The summed E-state index contributed by atoms with van der Waals surface area (Å²) < 4.78 is 1.71. The van der Waals surface area contributed by atoms with Crippen LogP contribution in [0.15, 0.2) is 54.9 Å². The number of benzene rings is 2. The van der Waals surface area contributed by atoms with Crippen LogP contribution >= 0.6 is 11.6 Å². The van der Waals surface area contributed by atoms with Crippen molar-refractivity contribution in [3.05, 3.63) is 65.4 Å². The molecular weight excluding hydrogens is 528 g/mol. The van der Waals surface area contributed by atoms with Crippen molar-refractivity contribution in [1.82, 2.24) is 34.9 Å². The maximum absolute atomic E-state index is 13.6. The van der Waals surface area contributed by atoms with E-state index >= 15 is 0 Å². The molecule has 212 valence electrons. The van der Waals surface area contributed by atoms with Crippen LogP contribution in [0.4, 0.5) is 5.69 Å². The minimum Gasteiger partial charge on any atom is -0.343 e. The molecule has 2 amide bonds. The predicted molar refractivity (Wildman–Crippen MR) is 154 cm³/mol. The Morgan fingerprint density at radius 2 is 1.73 bits per heavy atom. The van der Waals surface area contributed by atoms with Crippen LogP contribution in [0.25, 0.3) is 5.69 Å². The first-order valence-corrected chi connectivity index (χ1v) is 14.4. The molecule has 0 bridgehead atoms. The summed E-state index contributed by atoms with van der Waals surface area (Å²) in [6.45, 7) is 9.24. The SMILES string of the molecule is CC(=O)N1CCC(C(=O)N(CCCN2CCN(Cc3ccccc3-n3cnnn3)CC2)c2cccc(Cl)c2)CC1. The molecule has 0 radical (unpaired) electrons. The number of anilines is 1. The van der Waals surface area contributed by atoms with Crippen molar-refractivity contribution in [2.24, 2.45) is 5.92 Å². The van der Waals surface area contributed by atoms with Crippen LogP contribution in [0.2, 0.25) is 5.02 Å². The fourth-order valence-electron chi connectivity index (χ4n) is 5.68. The summed E-state index contributed by atoms with van der Waals surface area (Å²) in [4.78, 5) is 34.1. The quantitative estimate of drug-likeness (QED) is 0.394. The monoisotopic (exact) mass is 564 g/mol. The van der Waals surface area contributed by atoms with Gasteiger partial charge in [0.05, 0.1) is 5.69 Å². The lowest BCUT2D eigenvalue weighted by Gasteiger charge is -2.36. The van der Waals surface area contributed by atoms with Gasteiger partial charge in [-0.15, -0.1) is 5.10 Å². The maximum Gasteiger partial charge on any atom is 0.230 e. The molecule has 2 saturated heterocycles. The first kappa shape index (κ1) is 28.2. The van der Waals surface area contributed by atoms with Crippen molar-refractivity contribution < 1.29 is 9.59 Å². The van der Waals surface area contributed by atoms with Crippen molar-refractivity contribution in [3.8, 4) is 5.69 Å². The molecule has 10 nitrogen and oxygen atoms in total. The molecule has 11 heteroatoms. The molecule has 5 rings (SSSR count). The molecule has 2 aliphatic rings. The van der Waals surface area contributed by atoms with Gasteiger partial charge in [-0.3, -0.25) is 14.5 Å². The van der Waals surface area contributed by atoms with Crippen molar-refractivity contribution in [1.29, 1.82) is 0 Å². The van der Waals surface area contributed by atoms with E-state index < -0.39 is 0 Å². The molecule has 0 unspecified atom stereocenters. The van der Waals surface area contributed by atoms with Crippen LogP contribution in [-0.4, -0.2) is 99.1 Å². The number of hydrogen-bond donors (Lipinski definition) is 0. The highest BCUT2D eigenvalue weighted by Gasteiger charge is 2.30. The summed E-state index contributed by atoms with van der Waals surface area (Å²) in [5.41, 5.74) is 3.05. The summed E-state index contributed by atoms with van der Waals surface area (Å²) in [7, 11) is 0. The molecule has 1 aromatic heterocycles. The van der Waals surface area contributed by atoms with Crippen LogP contribution in [0.5, 0.6) is 0 Å². The molecule has 3 heterocycles. The first-order chi connectivity index (χ1) is 19.5. The number of hydrogen-bond acceptors (Lipinski definition) is 7. The van der Waals surface area contributed by atoms with E-state index in [1.165, 1.54) is 5.56 Å². The summed E-state index contributed by atoms with van der Waals surface area (Å²) >= 11 is 6.29. The first-order valence-electron chi connectivity index (χ1n) is 14.1. The van der Waals surface area contributed by atoms with Gasteiger partial charge < -0.3 is 14.7 Å². The lowest BCUT2D eigenvalue weighted by Crippen LogP contribution is -2.47. The van der Waals surface area contributed by atoms with Gasteiger partial charge >= 0.3 is 0 Å². The molecule has 3 aromatic rings. The number of tetrazole rings is 1. The number of nitrogens with zero attached hydrogens (tertiary/aromatic N) is 8. The molecule has 0 aliphatic carbocycles. The zero-order valence-corrected chi connectivity index (χ0v) is 23.8. The number of carbonyl (C=O) groups is 2. The molecule has 40 heavy (non-hydrogen) atoms. The number of rotatable bonds is 9. The Morgan fingerprint density at radius 3 is 2.42 bits per heavy atom. The second-order valence-corrected chi connectivity index (χ2v) is 11.0. The van der Waals surface area contributed by atoms with Gasteiger partial charge in [0.2, 0.25) is 11.8 Å². The van der Waals surface area contributed by atoms with Gasteiger partial charge in [-0.2, -0.15) is 0 Å². The predicted octanol–water partition coefficient (Wildman–Crippen LogP) is 3.12. The van der Waals surface area contributed by atoms with Gasteiger partial charge in [0.1, 0.15) is 6.33 Å². The molecule has 0 N–H and O–H groups in total. The van der Waals surface area contributed by atoms with E-state index in [9.17, 15) is 9.59 Å². The highest BCUT2D eigenvalue weighted by Crippen LogP contribution is 2.26. The van der Waals surface area contributed by atoms with Crippen LogP contribution in [0, 0.1) is 5.92 Å². The van der Waals surface area contributed by atoms with E-state index in [0.717, 1.165) is 57.1 Å². The number of piperazine rings is 1. The van der Waals surface area contributed by atoms with Gasteiger partial charge in [-0.1, -0.05) is 35.9 Å². The van der Waals surface area contributed by atoms with Crippen molar-refractivity contribution >= 4 is 29.1 Å². The second kappa shape index (κ2) is 13.3. The topological polar surface area (TPSA) is 90.7 Å². The Labute approximate surface area is 240 Å². The normalized spacial score (nSPS) is 17.2. The number of carbonyl (C=O) groups excluding carboxylic acids is 2. The molecule has 2 aromatic carbocycles.